The van der Waals surface area contributed by atoms with Crippen molar-refractivity contribution in [3.8, 4) is 5.75 Å². The maximum Gasteiger partial charge on any atom is 0.308 e. The van der Waals surface area contributed by atoms with Gasteiger partial charge in [-0.15, -0.1) is 0 Å². The number of nitrogens with one attached hydrogen (secondary N) is 2. The van der Waals surface area contributed by atoms with Crippen LogP contribution in [0.5, 0.6) is 5.75 Å². The van der Waals surface area contributed by atoms with E-state index in [-0.39, 0.29) is 37.4 Å². The molecule has 2 aliphatic heterocycles. The Morgan fingerprint density at radius 3 is 2.62 bits per heavy atom. The van der Waals surface area contributed by atoms with Crippen molar-refractivity contribution >= 4 is 46.3 Å². The molecule has 1 saturated heterocycles. The maximum absolute atomic E-state index is 13.2. The lowest BCUT2D eigenvalue weighted by atomic mass is 9.89. The van der Waals surface area contributed by atoms with E-state index in [0.717, 1.165) is 16.8 Å². The number of methoxy groups -OCH3 is 1. The van der Waals surface area contributed by atoms with Gasteiger partial charge in [-0.25, -0.2) is 0 Å². The van der Waals surface area contributed by atoms with E-state index in [0.29, 0.717) is 34.2 Å². The van der Waals surface area contributed by atoms with Gasteiger partial charge in [0.2, 0.25) is 5.91 Å². The van der Waals surface area contributed by atoms with Crippen LogP contribution in [0.15, 0.2) is 82.9 Å². The van der Waals surface area contributed by atoms with Crippen LogP contribution in [-0.2, 0) is 25.6 Å². The normalized spacial score (nSPS) is 19.2. The van der Waals surface area contributed by atoms with Crippen molar-refractivity contribution in [2.75, 3.05) is 37.5 Å². The monoisotopic (exact) mass is 611 g/mol. The lowest BCUT2D eigenvalue weighted by Crippen LogP contribution is -2.34. The van der Waals surface area contributed by atoms with Crippen molar-refractivity contribution in [1.29, 1.82) is 0 Å². The molecular formula is C33H33N5O7. The van der Waals surface area contributed by atoms with Gasteiger partial charge < -0.3 is 29.4 Å². The number of amides is 2. The van der Waals surface area contributed by atoms with E-state index < -0.39 is 17.8 Å². The lowest BCUT2D eigenvalue weighted by Gasteiger charge is -2.20. The lowest BCUT2D eigenvalue weighted by molar-refractivity contribution is -0.141. The molecule has 3 atom stereocenters. The van der Waals surface area contributed by atoms with Gasteiger partial charge in [0, 0.05) is 43.5 Å². The zero-order valence-electron chi connectivity index (χ0n) is 25.0. The molecule has 3 N–H and O–H groups in total. The first kappa shape index (κ1) is 29.7. The molecule has 2 amide bonds. The Bertz CT molecular complexity index is 1780. The minimum absolute atomic E-state index is 0.0977. The molecule has 12 nitrogen and oxygen atoms in total. The van der Waals surface area contributed by atoms with Crippen LogP contribution in [-0.4, -0.2) is 66.1 Å². The number of oxazole rings is 1. The molecule has 0 spiro atoms. The third-order valence-corrected chi connectivity index (χ3v) is 8.12. The number of fused-ring (bicyclic) bond motifs is 1. The number of likely N-dealkylation sites (N-methyl/N-ethyl adjacent to an activating group) is 1. The minimum atomic E-state index is -0.962. The predicted octanol–water partition coefficient (Wildman–Crippen LogP) is 4.22. The number of carboxylic acids is 1. The van der Waals surface area contributed by atoms with Crippen LogP contribution < -0.4 is 20.4 Å². The van der Waals surface area contributed by atoms with Gasteiger partial charge in [0.05, 0.1) is 19.4 Å². The van der Waals surface area contributed by atoms with Crippen molar-refractivity contribution in [2.24, 2.45) is 5.92 Å². The SMILES string of the molecule is COc1cccc(Nc2nc3ccc(CC(=O)N(C)c4ccc(C5CN(C(=O)C6=CC(C)ON6)CC5C(=O)O)cc4)cc3o2)c1. The first-order valence-corrected chi connectivity index (χ1v) is 14.5. The number of rotatable bonds is 9. The number of ether oxygens (including phenoxy) is 1. The van der Waals surface area contributed by atoms with E-state index in [2.05, 4.69) is 15.8 Å². The zero-order valence-corrected chi connectivity index (χ0v) is 25.0. The second-order valence-corrected chi connectivity index (χ2v) is 11.2. The zero-order chi connectivity index (χ0) is 31.7. The minimum Gasteiger partial charge on any atom is -0.497 e. The summed E-state index contributed by atoms with van der Waals surface area (Å²) in [6.07, 6.45) is 1.57. The molecule has 12 heteroatoms. The summed E-state index contributed by atoms with van der Waals surface area (Å²) in [5.74, 6) is -1.82. The standard InChI is InChI=1S/C33H33N5O7/c1-19-13-28(36-45-19)31(40)38-17-25(26(18-38)32(41)42)21-8-10-23(11-9-21)37(2)30(39)15-20-7-12-27-29(14-20)44-33(35-27)34-22-5-4-6-24(16-22)43-3/h4-14,16,19,25-26,36H,15,17-18H2,1-3H3,(H,34,35)(H,41,42). The summed E-state index contributed by atoms with van der Waals surface area (Å²) >= 11 is 0. The summed E-state index contributed by atoms with van der Waals surface area (Å²) in [4.78, 5) is 51.0. The molecule has 6 rings (SSSR count). The van der Waals surface area contributed by atoms with Crippen molar-refractivity contribution in [1.82, 2.24) is 15.4 Å². The van der Waals surface area contributed by atoms with Gasteiger partial charge in [-0.1, -0.05) is 24.3 Å². The molecule has 0 bridgehead atoms. The van der Waals surface area contributed by atoms with Crippen molar-refractivity contribution in [3.05, 3.63) is 89.6 Å². The first-order valence-electron chi connectivity index (χ1n) is 14.5. The van der Waals surface area contributed by atoms with E-state index in [1.54, 1.807) is 50.3 Å². The Hall–Kier alpha value is -5.36. The predicted molar refractivity (Wildman–Crippen MR) is 166 cm³/mol. The van der Waals surface area contributed by atoms with E-state index in [1.165, 1.54) is 4.90 Å². The quantitative estimate of drug-likeness (QED) is 0.251. The first-order chi connectivity index (χ1) is 21.7. The number of carbonyl (C=O) groups excluding carboxylic acids is 2. The molecule has 0 saturated carbocycles. The molecule has 3 heterocycles. The number of hydrogen-bond donors (Lipinski definition) is 3. The second-order valence-electron chi connectivity index (χ2n) is 11.2. The van der Waals surface area contributed by atoms with Gasteiger partial charge in [0.25, 0.3) is 11.9 Å². The Morgan fingerprint density at radius 2 is 1.91 bits per heavy atom. The van der Waals surface area contributed by atoms with Crippen LogP contribution in [0.4, 0.5) is 17.4 Å². The highest BCUT2D eigenvalue weighted by molar-refractivity contribution is 5.95. The number of hydrogen-bond acceptors (Lipinski definition) is 9. The number of hydroxylamine groups is 1. The van der Waals surface area contributed by atoms with Crippen LogP contribution in [0.1, 0.15) is 24.0 Å². The fourth-order valence-corrected chi connectivity index (χ4v) is 5.64. The van der Waals surface area contributed by atoms with Gasteiger partial charge >= 0.3 is 5.97 Å². The molecule has 232 valence electrons. The fourth-order valence-electron chi connectivity index (χ4n) is 5.64. The molecular weight excluding hydrogens is 578 g/mol. The molecule has 4 aromatic rings. The Morgan fingerprint density at radius 1 is 1.11 bits per heavy atom. The molecule has 1 aromatic heterocycles. The van der Waals surface area contributed by atoms with E-state index >= 15 is 0 Å². The smallest absolute Gasteiger partial charge is 0.308 e. The summed E-state index contributed by atoms with van der Waals surface area (Å²) in [7, 11) is 3.30. The highest BCUT2D eigenvalue weighted by Gasteiger charge is 2.41. The fraction of sp³-hybridized carbons (Fsp3) is 0.273. The molecule has 3 aromatic carbocycles. The molecule has 3 unspecified atom stereocenters. The van der Waals surface area contributed by atoms with Crippen LogP contribution in [0, 0.1) is 5.92 Å². The van der Waals surface area contributed by atoms with E-state index in [1.807, 2.05) is 48.5 Å². The van der Waals surface area contributed by atoms with Gasteiger partial charge in [-0.2, -0.15) is 4.98 Å². The van der Waals surface area contributed by atoms with Gasteiger partial charge in [-0.05, 0) is 60.5 Å². The molecule has 45 heavy (non-hydrogen) atoms. The molecule has 1 fully saturated rings. The van der Waals surface area contributed by atoms with Crippen LogP contribution >= 0.6 is 0 Å². The third kappa shape index (κ3) is 6.31. The van der Waals surface area contributed by atoms with Crippen LogP contribution in [0.3, 0.4) is 0 Å². The average molecular weight is 612 g/mol. The summed E-state index contributed by atoms with van der Waals surface area (Å²) in [6, 6.07) is 20.4. The average Bonchev–Trinajstić information content (AvgIpc) is 3.78. The Balaban J connectivity index is 1.10. The largest absolute Gasteiger partial charge is 0.497 e. The number of anilines is 3. The van der Waals surface area contributed by atoms with Gasteiger partial charge in [0.1, 0.15) is 23.1 Å². The summed E-state index contributed by atoms with van der Waals surface area (Å²) in [5, 5.41) is 13.0. The van der Waals surface area contributed by atoms with Crippen molar-refractivity contribution in [2.45, 2.75) is 25.4 Å². The molecule has 2 aliphatic rings. The Labute approximate surface area is 259 Å². The summed E-state index contributed by atoms with van der Waals surface area (Å²) in [6.45, 7) is 2.16. The van der Waals surface area contributed by atoms with Crippen LogP contribution in [0.25, 0.3) is 11.1 Å². The van der Waals surface area contributed by atoms with Gasteiger partial charge in [-0.3, -0.25) is 24.7 Å². The van der Waals surface area contributed by atoms with E-state index in [4.69, 9.17) is 14.0 Å². The number of carbonyl (C=O) groups is 3. The van der Waals surface area contributed by atoms with Crippen LogP contribution in [0.2, 0.25) is 0 Å². The maximum atomic E-state index is 13.2. The van der Waals surface area contributed by atoms with Crippen molar-refractivity contribution in [3.63, 3.8) is 0 Å². The Kier molecular flexibility index (Phi) is 8.14. The molecule has 0 aliphatic carbocycles. The summed E-state index contributed by atoms with van der Waals surface area (Å²) in [5.41, 5.74) is 7.14. The third-order valence-electron chi connectivity index (χ3n) is 8.12. The topological polar surface area (TPSA) is 146 Å². The number of likely N-dealkylation sites (tertiary alicyclic amines) is 1. The number of aromatic nitrogens is 1. The van der Waals surface area contributed by atoms with E-state index in [9.17, 15) is 19.5 Å². The second kappa shape index (κ2) is 12.3. The number of nitrogens with zero attached hydrogens (tertiary/aromatic N) is 3. The molecule has 0 radical (unpaired) electrons. The van der Waals surface area contributed by atoms with Gasteiger partial charge in [0.15, 0.2) is 5.58 Å². The number of aliphatic carboxylic acids is 1. The van der Waals surface area contributed by atoms with Crippen molar-refractivity contribution < 1.29 is 33.5 Å². The number of benzene rings is 3. The number of carboxylic acid groups (broad SMARTS) is 1. The highest BCUT2D eigenvalue weighted by Crippen LogP contribution is 2.35. The highest BCUT2D eigenvalue weighted by atomic mass is 16.7. The summed E-state index contributed by atoms with van der Waals surface area (Å²) < 4.78 is 11.1.